The van der Waals surface area contributed by atoms with Crippen molar-refractivity contribution in [3.05, 3.63) is 69.5 Å². The maximum Gasteiger partial charge on any atom is 0.288 e. The quantitative estimate of drug-likeness (QED) is 0.418. The summed E-state index contributed by atoms with van der Waals surface area (Å²) in [5.41, 5.74) is 3.82. The smallest absolute Gasteiger partial charge is 0.288 e. The third-order valence-corrected chi connectivity index (χ3v) is 5.11. The maximum absolute atomic E-state index is 12.7. The maximum atomic E-state index is 12.7. The van der Waals surface area contributed by atoms with E-state index >= 15 is 0 Å². The molecule has 10 heteroatoms. The Labute approximate surface area is 170 Å². The predicted molar refractivity (Wildman–Crippen MR) is 108 cm³/mol. The first kappa shape index (κ1) is 17.9. The number of nitrogens with one attached hydrogen (secondary N) is 2. The van der Waals surface area contributed by atoms with Gasteiger partial charge in [0.1, 0.15) is 11.7 Å². The van der Waals surface area contributed by atoms with Crippen LogP contribution in [0.15, 0.2) is 47.3 Å². The van der Waals surface area contributed by atoms with Gasteiger partial charge in [-0.2, -0.15) is 9.78 Å². The lowest BCUT2D eigenvalue weighted by Gasteiger charge is -2.28. The van der Waals surface area contributed by atoms with E-state index in [4.69, 9.17) is 4.74 Å². The Bertz CT molecular complexity index is 1310. The first-order valence-corrected chi connectivity index (χ1v) is 9.18. The molecule has 2 aromatic carbocycles. The number of phenols is 1. The number of tetrazole rings is 1. The molecule has 30 heavy (non-hydrogen) atoms. The summed E-state index contributed by atoms with van der Waals surface area (Å²) >= 11 is 0. The molecule has 0 saturated carbocycles. The molecule has 150 valence electrons. The molecule has 0 amide bonds. The number of rotatable bonds is 3. The highest BCUT2D eigenvalue weighted by Crippen LogP contribution is 2.42. The molecule has 0 unspecified atom stereocenters. The number of hydrogen-bond donors (Lipinski definition) is 3. The topological polar surface area (TPSA) is 131 Å². The highest BCUT2D eigenvalue weighted by molar-refractivity contribution is 5.75. The van der Waals surface area contributed by atoms with Crippen LogP contribution >= 0.6 is 0 Å². The van der Waals surface area contributed by atoms with Gasteiger partial charge >= 0.3 is 0 Å². The van der Waals surface area contributed by atoms with Gasteiger partial charge in [0, 0.05) is 11.1 Å². The van der Waals surface area contributed by atoms with E-state index in [1.165, 1.54) is 13.2 Å². The molecule has 3 N–H and O–H groups in total. The molecule has 1 aliphatic rings. The van der Waals surface area contributed by atoms with Crippen molar-refractivity contribution in [1.82, 2.24) is 30.4 Å². The first-order chi connectivity index (χ1) is 14.6. The molecular formula is C20H17N7O3. The van der Waals surface area contributed by atoms with Gasteiger partial charge < -0.3 is 15.2 Å². The fourth-order valence-corrected chi connectivity index (χ4v) is 3.64. The third kappa shape index (κ3) is 2.69. The van der Waals surface area contributed by atoms with Crippen molar-refractivity contribution in [3.63, 3.8) is 0 Å². The second kappa shape index (κ2) is 6.69. The van der Waals surface area contributed by atoms with Gasteiger partial charge in [-0.15, -0.1) is 0 Å². The van der Waals surface area contributed by atoms with E-state index in [-0.39, 0.29) is 11.3 Å². The molecule has 10 nitrogen and oxygen atoms in total. The Kier molecular flexibility index (Phi) is 3.98. The minimum Gasteiger partial charge on any atom is -0.504 e. The number of nitrogens with zero attached hydrogens (tertiary/aromatic N) is 5. The van der Waals surface area contributed by atoms with Crippen LogP contribution in [-0.2, 0) is 0 Å². The van der Waals surface area contributed by atoms with Crippen LogP contribution in [0.3, 0.4) is 0 Å². The average molecular weight is 403 g/mol. The summed E-state index contributed by atoms with van der Waals surface area (Å²) in [5, 5.41) is 31.8. The Morgan fingerprint density at radius 1 is 1.17 bits per heavy atom. The van der Waals surface area contributed by atoms with Crippen molar-refractivity contribution >= 4 is 11.6 Å². The molecule has 3 heterocycles. The molecule has 0 radical (unpaired) electrons. The van der Waals surface area contributed by atoms with Crippen LogP contribution in [0.5, 0.6) is 11.5 Å². The van der Waals surface area contributed by atoms with E-state index < -0.39 is 6.04 Å². The number of fused-ring (bicyclic) bond motifs is 2. The minimum absolute atomic E-state index is 0.00939. The van der Waals surface area contributed by atoms with Gasteiger partial charge in [-0.05, 0) is 35.0 Å². The summed E-state index contributed by atoms with van der Waals surface area (Å²) in [7, 11) is 1.47. The van der Waals surface area contributed by atoms with Crippen LogP contribution in [0.4, 0.5) is 11.6 Å². The monoisotopic (exact) mass is 403 g/mol. The summed E-state index contributed by atoms with van der Waals surface area (Å²) in [5.74, 6) is 0.637. The number of aromatic nitrogens is 6. The van der Waals surface area contributed by atoms with Gasteiger partial charge in [-0.25, -0.2) is 5.10 Å². The van der Waals surface area contributed by atoms with Crippen molar-refractivity contribution < 1.29 is 9.84 Å². The Morgan fingerprint density at radius 3 is 2.73 bits per heavy atom. The lowest BCUT2D eigenvalue weighted by atomic mass is 9.92. The van der Waals surface area contributed by atoms with Crippen molar-refractivity contribution in [3.8, 4) is 22.8 Å². The Hall–Kier alpha value is -4.21. The zero-order chi connectivity index (χ0) is 20.8. The molecule has 0 saturated heterocycles. The van der Waals surface area contributed by atoms with E-state index in [1.807, 2.05) is 31.2 Å². The molecule has 1 atom stereocenters. The number of phenolic OH excluding ortho intramolecular Hbond substituents is 1. The molecule has 2 aromatic heterocycles. The van der Waals surface area contributed by atoms with E-state index in [0.717, 1.165) is 16.7 Å². The normalized spacial score (nSPS) is 14.5. The van der Waals surface area contributed by atoms with Crippen LogP contribution < -0.4 is 15.6 Å². The van der Waals surface area contributed by atoms with E-state index in [2.05, 4.69) is 31.0 Å². The number of aryl methyl sites for hydroxylation is 1. The fraction of sp³-hybridized carbons (Fsp3) is 0.150. The predicted octanol–water partition coefficient (Wildman–Crippen LogP) is 2.14. The van der Waals surface area contributed by atoms with Gasteiger partial charge in [0.05, 0.1) is 12.8 Å². The largest absolute Gasteiger partial charge is 0.504 e. The van der Waals surface area contributed by atoms with E-state index in [9.17, 15) is 9.90 Å². The summed E-state index contributed by atoms with van der Waals surface area (Å²) < 4.78 is 6.85. The lowest BCUT2D eigenvalue weighted by molar-refractivity contribution is 0.372. The Morgan fingerprint density at radius 2 is 1.97 bits per heavy atom. The van der Waals surface area contributed by atoms with Crippen molar-refractivity contribution in [2.75, 3.05) is 12.4 Å². The van der Waals surface area contributed by atoms with Crippen molar-refractivity contribution in [1.29, 1.82) is 0 Å². The van der Waals surface area contributed by atoms with Gasteiger partial charge in [0.2, 0.25) is 5.95 Å². The molecule has 0 aliphatic carbocycles. The average Bonchev–Trinajstić information content (AvgIpc) is 3.22. The number of hydrogen-bond acceptors (Lipinski definition) is 8. The summed E-state index contributed by atoms with van der Waals surface area (Å²) in [4.78, 5) is 12.7. The number of ether oxygens (including phenoxy) is 1. The number of aromatic hydroxyl groups is 1. The van der Waals surface area contributed by atoms with Crippen LogP contribution in [0.25, 0.3) is 11.3 Å². The zero-order valence-electron chi connectivity index (χ0n) is 16.1. The lowest BCUT2D eigenvalue weighted by Crippen LogP contribution is -2.29. The number of aromatic amines is 1. The highest BCUT2D eigenvalue weighted by atomic mass is 16.5. The van der Waals surface area contributed by atoms with E-state index in [1.54, 1.807) is 16.8 Å². The third-order valence-electron chi connectivity index (χ3n) is 5.11. The van der Waals surface area contributed by atoms with Gasteiger partial charge in [0.25, 0.3) is 5.56 Å². The number of benzene rings is 2. The van der Waals surface area contributed by atoms with E-state index in [0.29, 0.717) is 28.6 Å². The van der Waals surface area contributed by atoms with Crippen molar-refractivity contribution in [2.24, 2.45) is 0 Å². The number of anilines is 2. The van der Waals surface area contributed by atoms with Crippen molar-refractivity contribution in [2.45, 2.75) is 13.0 Å². The molecule has 0 fully saturated rings. The highest BCUT2D eigenvalue weighted by Gasteiger charge is 2.34. The van der Waals surface area contributed by atoms with Crippen LogP contribution in [0.2, 0.25) is 0 Å². The minimum atomic E-state index is -0.563. The Balaban J connectivity index is 1.81. The molecule has 1 aliphatic heterocycles. The molecule has 0 bridgehead atoms. The molecule has 5 rings (SSSR count). The standard InChI is InChI=1S/C20H17N7O3/c1-10-3-5-11(6-4-10)16-15-17(19(29)23-22-16)21-20-24-25-26-27(20)18(15)12-7-8-13(28)14(9-12)30-2/h3-9,18,28H,1-2H3,(H,23,29)(H,21,24,26)/t18-/m0/s1. The first-order valence-electron chi connectivity index (χ1n) is 9.18. The van der Waals surface area contributed by atoms with Crippen LogP contribution in [0.1, 0.15) is 22.7 Å². The fourth-order valence-electron chi connectivity index (χ4n) is 3.64. The summed E-state index contributed by atoms with van der Waals surface area (Å²) in [6.07, 6.45) is 0. The van der Waals surface area contributed by atoms with Gasteiger partial charge in [-0.1, -0.05) is 41.0 Å². The second-order valence-electron chi connectivity index (χ2n) is 6.96. The molecule has 4 aromatic rings. The summed E-state index contributed by atoms with van der Waals surface area (Å²) in [6.45, 7) is 2.00. The summed E-state index contributed by atoms with van der Waals surface area (Å²) in [6, 6.07) is 12.2. The molecular weight excluding hydrogens is 386 g/mol. The molecule has 0 spiro atoms. The van der Waals surface area contributed by atoms with Crippen LogP contribution in [-0.4, -0.2) is 42.6 Å². The van der Waals surface area contributed by atoms with Gasteiger partial charge in [0.15, 0.2) is 11.5 Å². The zero-order valence-corrected chi connectivity index (χ0v) is 16.1. The van der Waals surface area contributed by atoms with Gasteiger partial charge in [-0.3, -0.25) is 4.79 Å². The number of H-pyrrole nitrogens is 1. The number of methoxy groups -OCH3 is 1. The van der Waals surface area contributed by atoms with Crippen LogP contribution in [0, 0.1) is 6.92 Å². The second-order valence-corrected chi connectivity index (χ2v) is 6.96. The SMILES string of the molecule is COc1cc([C@H]2c3c(-c4ccc(C)cc4)n[nH]c(=O)c3Nc3nnnn32)ccc1O.